The molecule has 0 radical (unpaired) electrons. The minimum atomic E-state index is -0.281. The Bertz CT molecular complexity index is 277. The normalized spacial score (nSPS) is 25.3. The van der Waals surface area contributed by atoms with Crippen molar-refractivity contribution in [2.24, 2.45) is 0 Å². The van der Waals surface area contributed by atoms with Crippen LogP contribution in [-0.4, -0.2) is 92.5 Å². The molecule has 0 aromatic rings. The highest BCUT2D eigenvalue weighted by Crippen LogP contribution is 2.22. The van der Waals surface area contributed by atoms with Crippen LogP contribution in [0.1, 0.15) is 0 Å². The second-order valence-electron chi connectivity index (χ2n) is 5.47. The summed E-state index contributed by atoms with van der Waals surface area (Å²) < 4.78 is 10.3. The quantitative estimate of drug-likeness (QED) is 0.223. The summed E-state index contributed by atoms with van der Waals surface area (Å²) in [5, 5.41) is 21.9. The molecule has 0 aliphatic carbocycles. The molecular formula is C14H26O4S5. The van der Waals surface area contributed by atoms with E-state index in [-0.39, 0.29) is 12.2 Å². The molecule has 0 bridgehead atoms. The zero-order valence-corrected chi connectivity index (χ0v) is 17.2. The van der Waals surface area contributed by atoms with Crippen molar-refractivity contribution in [3.8, 4) is 0 Å². The summed E-state index contributed by atoms with van der Waals surface area (Å²) in [6.07, 6.45) is 0.412. The van der Waals surface area contributed by atoms with Crippen molar-refractivity contribution >= 4 is 58.8 Å². The van der Waals surface area contributed by atoms with Crippen molar-refractivity contribution in [3.63, 3.8) is 0 Å². The number of aliphatic hydroxyl groups is 2. The molecule has 2 aliphatic rings. The van der Waals surface area contributed by atoms with Gasteiger partial charge >= 0.3 is 0 Å². The number of epoxide rings is 2. The predicted octanol–water partition coefficient (Wildman–Crippen LogP) is 2.09. The van der Waals surface area contributed by atoms with Gasteiger partial charge in [0.2, 0.25) is 0 Å². The maximum atomic E-state index is 9.91. The van der Waals surface area contributed by atoms with E-state index >= 15 is 0 Å². The van der Waals surface area contributed by atoms with Crippen molar-refractivity contribution in [1.29, 1.82) is 0 Å². The second kappa shape index (κ2) is 12.9. The van der Waals surface area contributed by atoms with Gasteiger partial charge in [-0.1, -0.05) is 0 Å². The Hall–Kier alpha value is 1.59. The van der Waals surface area contributed by atoms with Crippen LogP contribution in [0.5, 0.6) is 0 Å². The summed E-state index contributed by atoms with van der Waals surface area (Å²) in [6.45, 7) is 1.84. The highest BCUT2D eigenvalue weighted by Gasteiger charge is 2.22. The molecule has 2 fully saturated rings. The van der Waals surface area contributed by atoms with Gasteiger partial charge in [0.1, 0.15) is 0 Å². The molecule has 0 aromatic carbocycles. The summed E-state index contributed by atoms with van der Waals surface area (Å²) in [7, 11) is 0. The standard InChI is InChI=1S/C14H26O4S5/c15-11(5-20-9-22-7-13-1-17-13)3-19-4-12(16)6-21-10-23-8-14-2-18-14/h11-16H,1-10H2. The zero-order chi connectivity index (χ0) is 16.3. The molecule has 2 saturated heterocycles. The largest absolute Gasteiger partial charge is 0.391 e. The molecule has 2 heterocycles. The van der Waals surface area contributed by atoms with Crippen molar-refractivity contribution in [2.75, 3.05) is 57.9 Å². The van der Waals surface area contributed by atoms with E-state index in [9.17, 15) is 10.2 Å². The number of hydrogen-bond donors (Lipinski definition) is 2. The Morgan fingerprint density at radius 3 is 1.48 bits per heavy atom. The lowest BCUT2D eigenvalue weighted by molar-refractivity contribution is 0.220. The SMILES string of the molecule is OC(CSCSCC1CO1)CSCC(O)CSCSCC1CO1. The lowest BCUT2D eigenvalue weighted by Gasteiger charge is -2.12. The minimum Gasteiger partial charge on any atom is -0.391 e. The van der Waals surface area contributed by atoms with E-state index in [0.717, 1.165) is 46.4 Å². The van der Waals surface area contributed by atoms with Crippen LogP contribution in [-0.2, 0) is 9.47 Å². The summed E-state index contributed by atoms with van der Waals surface area (Å²) >= 11 is 8.97. The number of hydrogen-bond acceptors (Lipinski definition) is 9. The predicted molar refractivity (Wildman–Crippen MR) is 108 cm³/mol. The highest BCUT2D eigenvalue weighted by atomic mass is 32.2. The van der Waals surface area contributed by atoms with Crippen molar-refractivity contribution in [2.45, 2.75) is 24.4 Å². The maximum Gasteiger partial charge on any atom is 0.0900 e. The van der Waals surface area contributed by atoms with Gasteiger partial charge in [0, 0.05) is 44.7 Å². The van der Waals surface area contributed by atoms with Gasteiger partial charge in [-0.3, -0.25) is 0 Å². The Labute approximate surface area is 160 Å². The third-order valence-electron chi connectivity index (χ3n) is 2.99. The van der Waals surface area contributed by atoms with E-state index in [0.29, 0.717) is 23.7 Å². The number of thioether (sulfide) groups is 5. The summed E-state index contributed by atoms with van der Waals surface area (Å²) in [4.78, 5) is 0. The molecule has 4 nitrogen and oxygen atoms in total. The first-order valence-corrected chi connectivity index (χ1v) is 13.5. The van der Waals surface area contributed by atoms with Gasteiger partial charge in [0.25, 0.3) is 0 Å². The van der Waals surface area contributed by atoms with Crippen LogP contribution in [0.25, 0.3) is 0 Å². The zero-order valence-electron chi connectivity index (χ0n) is 13.1. The Balaban J connectivity index is 1.30. The summed E-state index contributed by atoms with van der Waals surface area (Å²) in [5.74, 6) is 5.12. The molecule has 0 aromatic heterocycles. The van der Waals surface area contributed by atoms with Gasteiger partial charge in [-0.05, 0) is 0 Å². The summed E-state index contributed by atoms with van der Waals surface area (Å²) in [6, 6.07) is 0. The molecule has 0 amide bonds. The van der Waals surface area contributed by atoms with E-state index in [1.54, 1.807) is 35.3 Å². The molecule has 2 rings (SSSR count). The average Bonchev–Trinajstić information content (AvgIpc) is 3.41. The van der Waals surface area contributed by atoms with Crippen LogP contribution in [0.2, 0.25) is 0 Å². The van der Waals surface area contributed by atoms with Crippen LogP contribution in [0.4, 0.5) is 0 Å². The smallest absolute Gasteiger partial charge is 0.0900 e. The fraction of sp³-hybridized carbons (Fsp3) is 1.00. The minimum absolute atomic E-state index is 0.281. The third kappa shape index (κ3) is 12.6. The highest BCUT2D eigenvalue weighted by molar-refractivity contribution is 8.16. The average molecular weight is 419 g/mol. The first-order valence-electron chi connectivity index (χ1n) is 7.72. The molecule has 4 atom stereocenters. The molecule has 2 aliphatic heterocycles. The topological polar surface area (TPSA) is 65.5 Å². The van der Waals surface area contributed by atoms with E-state index in [1.807, 2.05) is 23.5 Å². The molecule has 136 valence electrons. The number of ether oxygens (including phenoxy) is 2. The van der Waals surface area contributed by atoms with E-state index in [1.165, 1.54) is 0 Å². The van der Waals surface area contributed by atoms with Crippen LogP contribution >= 0.6 is 58.8 Å². The van der Waals surface area contributed by atoms with Gasteiger partial charge in [0.05, 0.1) is 37.6 Å². The molecule has 9 heteroatoms. The molecule has 0 spiro atoms. The first-order chi connectivity index (χ1) is 11.2. The van der Waals surface area contributed by atoms with Gasteiger partial charge in [-0.25, -0.2) is 0 Å². The first kappa shape index (κ1) is 20.9. The third-order valence-corrected chi connectivity index (χ3v) is 9.35. The number of aliphatic hydroxyl groups excluding tert-OH is 2. The lowest BCUT2D eigenvalue weighted by atomic mass is 10.5. The van der Waals surface area contributed by atoms with Crippen LogP contribution < -0.4 is 0 Å². The Morgan fingerprint density at radius 2 is 1.09 bits per heavy atom. The van der Waals surface area contributed by atoms with E-state index in [2.05, 4.69) is 0 Å². The van der Waals surface area contributed by atoms with Crippen LogP contribution in [0, 0.1) is 0 Å². The van der Waals surface area contributed by atoms with Gasteiger partial charge < -0.3 is 19.7 Å². The van der Waals surface area contributed by atoms with Crippen molar-refractivity contribution < 1.29 is 19.7 Å². The Kier molecular flexibility index (Phi) is 11.7. The fourth-order valence-corrected chi connectivity index (χ4v) is 7.00. The monoisotopic (exact) mass is 418 g/mol. The van der Waals surface area contributed by atoms with Crippen LogP contribution in [0.3, 0.4) is 0 Å². The second-order valence-corrected chi connectivity index (χ2v) is 11.4. The van der Waals surface area contributed by atoms with Gasteiger partial charge in [0.15, 0.2) is 0 Å². The Morgan fingerprint density at radius 1 is 0.696 bits per heavy atom. The molecular weight excluding hydrogens is 392 g/mol. The maximum absolute atomic E-state index is 9.91. The van der Waals surface area contributed by atoms with E-state index in [4.69, 9.17) is 9.47 Å². The van der Waals surface area contributed by atoms with Crippen LogP contribution in [0.15, 0.2) is 0 Å². The summed E-state index contributed by atoms with van der Waals surface area (Å²) in [5.41, 5.74) is 0. The van der Waals surface area contributed by atoms with E-state index < -0.39 is 0 Å². The van der Waals surface area contributed by atoms with Crippen molar-refractivity contribution in [3.05, 3.63) is 0 Å². The van der Waals surface area contributed by atoms with Crippen molar-refractivity contribution in [1.82, 2.24) is 0 Å². The lowest BCUT2D eigenvalue weighted by Crippen LogP contribution is -2.18. The molecule has 23 heavy (non-hydrogen) atoms. The molecule has 0 saturated carbocycles. The van der Waals surface area contributed by atoms with Gasteiger partial charge in [-0.15, -0.1) is 47.0 Å². The fourth-order valence-electron chi connectivity index (χ4n) is 1.61. The molecule has 4 unspecified atom stereocenters. The number of rotatable bonds is 16. The molecule has 2 N–H and O–H groups in total. The van der Waals surface area contributed by atoms with Gasteiger partial charge in [-0.2, -0.15) is 11.8 Å².